The van der Waals surface area contributed by atoms with Gasteiger partial charge in [0, 0.05) is 12.6 Å². The number of fused-ring (bicyclic) bond motifs is 1. The maximum absolute atomic E-state index is 8.74. The highest BCUT2D eigenvalue weighted by Gasteiger charge is 2.19. The highest BCUT2D eigenvalue weighted by molar-refractivity contribution is 5.39. The molecular formula is C18H29NO2. The molecule has 1 unspecified atom stereocenters. The average molecular weight is 291 g/mol. The second-order valence-corrected chi connectivity index (χ2v) is 5.85. The number of rotatable bonds is 9. The van der Waals surface area contributed by atoms with Crippen molar-refractivity contribution in [3.8, 4) is 5.75 Å². The summed E-state index contributed by atoms with van der Waals surface area (Å²) in [7, 11) is 0. The van der Waals surface area contributed by atoms with Gasteiger partial charge in [-0.1, -0.05) is 19.4 Å². The van der Waals surface area contributed by atoms with E-state index in [-0.39, 0.29) is 0 Å². The topological polar surface area (TPSA) is 41.5 Å². The van der Waals surface area contributed by atoms with Gasteiger partial charge in [0.15, 0.2) is 0 Å². The first-order chi connectivity index (χ1) is 10.3. The number of hydrogen-bond donors (Lipinski definition) is 2. The van der Waals surface area contributed by atoms with Crippen molar-refractivity contribution in [3.63, 3.8) is 0 Å². The Balaban J connectivity index is 1.85. The molecule has 2 N–H and O–H groups in total. The summed E-state index contributed by atoms with van der Waals surface area (Å²) >= 11 is 0. The van der Waals surface area contributed by atoms with E-state index in [1.54, 1.807) is 0 Å². The maximum atomic E-state index is 8.74. The number of hydrogen-bond acceptors (Lipinski definition) is 3. The number of ether oxygens (including phenoxy) is 1. The first kappa shape index (κ1) is 16.3. The van der Waals surface area contributed by atoms with Crippen molar-refractivity contribution in [1.29, 1.82) is 0 Å². The van der Waals surface area contributed by atoms with Gasteiger partial charge in [-0.25, -0.2) is 0 Å². The van der Waals surface area contributed by atoms with Crippen LogP contribution in [0.15, 0.2) is 18.2 Å². The van der Waals surface area contributed by atoms with Gasteiger partial charge in [0.1, 0.15) is 5.75 Å². The molecule has 118 valence electrons. The highest BCUT2D eigenvalue weighted by atomic mass is 16.5. The molecule has 3 heteroatoms. The monoisotopic (exact) mass is 291 g/mol. The van der Waals surface area contributed by atoms with Gasteiger partial charge < -0.3 is 15.2 Å². The fourth-order valence-corrected chi connectivity index (χ4v) is 3.08. The summed E-state index contributed by atoms with van der Waals surface area (Å²) in [6.07, 6.45) is 7.88. The number of benzene rings is 1. The maximum Gasteiger partial charge on any atom is 0.119 e. The van der Waals surface area contributed by atoms with Crippen LogP contribution in [-0.2, 0) is 6.42 Å². The van der Waals surface area contributed by atoms with E-state index in [1.165, 1.54) is 30.4 Å². The molecule has 0 fully saturated rings. The Morgan fingerprint density at radius 1 is 1.24 bits per heavy atom. The zero-order chi connectivity index (χ0) is 14.9. The average Bonchev–Trinajstić information content (AvgIpc) is 2.51. The molecule has 0 aromatic heterocycles. The molecule has 0 saturated heterocycles. The third-order valence-electron chi connectivity index (χ3n) is 4.20. The fourth-order valence-electron chi connectivity index (χ4n) is 3.08. The molecule has 3 nitrogen and oxygen atoms in total. The van der Waals surface area contributed by atoms with Gasteiger partial charge >= 0.3 is 0 Å². The second kappa shape index (κ2) is 9.06. The Morgan fingerprint density at radius 2 is 2.10 bits per heavy atom. The van der Waals surface area contributed by atoms with Gasteiger partial charge in [-0.05, 0) is 68.3 Å². The predicted molar refractivity (Wildman–Crippen MR) is 86.8 cm³/mol. The number of nitrogens with one attached hydrogen (secondary N) is 1. The van der Waals surface area contributed by atoms with Crippen LogP contribution in [0, 0.1) is 0 Å². The fraction of sp³-hybridized carbons (Fsp3) is 0.667. The lowest BCUT2D eigenvalue weighted by atomic mass is 9.87. The molecule has 1 aromatic rings. The van der Waals surface area contributed by atoms with E-state index in [9.17, 15) is 0 Å². The van der Waals surface area contributed by atoms with E-state index < -0.39 is 0 Å². The first-order valence-corrected chi connectivity index (χ1v) is 8.45. The predicted octanol–water partition coefficient (Wildman–Crippen LogP) is 3.61. The van der Waals surface area contributed by atoms with E-state index in [0.29, 0.717) is 12.6 Å². The summed E-state index contributed by atoms with van der Waals surface area (Å²) in [6, 6.07) is 7.07. The number of aliphatic hydroxyl groups excluding tert-OH is 1. The van der Waals surface area contributed by atoms with Gasteiger partial charge in [-0.2, -0.15) is 0 Å². The normalized spacial score (nSPS) is 17.5. The van der Waals surface area contributed by atoms with Crippen molar-refractivity contribution in [2.24, 2.45) is 0 Å². The molecule has 1 atom stereocenters. The van der Waals surface area contributed by atoms with Crippen LogP contribution in [0.1, 0.15) is 62.6 Å². The van der Waals surface area contributed by atoms with E-state index >= 15 is 0 Å². The van der Waals surface area contributed by atoms with Gasteiger partial charge in [-0.3, -0.25) is 0 Å². The molecular weight excluding hydrogens is 262 g/mol. The van der Waals surface area contributed by atoms with Crippen molar-refractivity contribution < 1.29 is 9.84 Å². The van der Waals surface area contributed by atoms with E-state index in [1.807, 2.05) is 0 Å². The van der Waals surface area contributed by atoms with Gasteiger partial charge in [0.2, 0.25) is 0 Å². The van der Waals surface area contributed by atoms with Crippen LogP contribution >= 0.6 is 0 Å². The molecule has 0 bridgehead atoms. The van der Waals surface area contributed by atoms with Crippen LogP contribution in [0.4, 0.5) is 0 Å². The lowest BCUT2D eigenvalue weighted by Crippen LogP contribution is -2.24. The van der Waals surface area contributed by atoms with Crippen molar-refractivity contribution in [2.45, 2.75) is 57.9 Å². The molecule has 0 radical (unpaired) electrons. The molecule has 0 aliphatic heterocycles. The summed E-state index contributed by atoms with van der Waals surface area (Å²) in [5.41, 5.74) is 2.91. The van der Waals surface area contributed by atoms with Crippen LogP contribution in [0.5, 0.6) is 5.75 Å². The minimum atomic E-state index is 0.303. The molecule has 0 spiro atoms. The van der Waals surface area contributed by atoms with E-state index in [2.05, 4.69) is 30.4 Å². The molecule has 1 aliphatic carbocycles. The smallest absolute Gasteiger partial charge is 0.119 e. The van der Waals surface area contributed by atoms with Crippen LogP contribution in [-0.4, -0.2) is 24.9 Å². The van der Waals surface area contributed by atoms with E-state index in [0.717, 1.165) is 44.6 Å². The number of unbranched alkanes of at least 4 members (excludes halogenated alkanes) is 3. The quantitative estimate of drug-likeness (QED) is 0.683. The number of aryl methyl sites for hydroxylation is 1. The molecule has 0 amide bonds. The molecule has 1 aliphatic rings. The molecule has 1 aromatic carbocycles. The van der Waals surface area contributed by atoms with Crippen molar-refractivity contribution >= 4 is 0 Å². The lowest BCUT2D eigenvalue weighted by Gasteiger charge is -2.26. The Kier molecular flexibility index (Phi) is 7.04. The van der Waals surface area contributed by atoms with Crippen LogP contribution < -0.4 is 10.1 Å². The molecule has 0 saturated carbocycles. The summed E-state index contributed by atoms with van der Waals surface area (Å²) in [6.45, 7) is 4.26. The lowest BCUT2D eigenvalue weighted by molar-refractivity contribution is 0.273. The SMILES string of the molecule is CCNC1CCCc2ccc(OCCCCCCO)cc21. The van der Waals surface area contributed by atoms with Crippen LogP contribution in [0.2, 0.25) is 0 Å². The third-order valence-corrected chi connectivity index (χ3v) is 4.20. The second-order valence-electron chi connectivity index (χ2n) is 5.85. The molecule has 2 rings (SSSR count). The largest absolute Gasteiger partial charge is 0.494 e. The molecule has 0 heterocycles. The Labute approximate surface area is 128 Å². The van der Waals surface area contributed by atoms with Gasteiger partial charge in [-0.15, -0.1) is 0 Å². The number of aliphatic hydroxyl groups is 1. The summed E-state index contributed by atoms with van der Waals surface area (Å²) < 4.78 is 5.89. The van der Waals surface area contributed by atoms with Crippen molar-refractivity contribution in [3.05, 3.63) is 29.3 Å². The van der Waals surface area contributed by atoms with E-state index in [4.69, 9.17) is 9.84 Å². The Hall–Kier alpha value is -1.06. The van der Waals surface area contributed by atoms with Gasteiger partial charge in [0.05, 0.1) is 6.61 Å². The van der Waals surface area contributed by atoms with Crippen molar-refractivity contribution in [1.82, 2.24) is 5.32 Å². The van der Waals surface area contributed by atoms with Gasteiger partial charge in [0.25, 0.3) is 0 Å². The summed E-state index contributed by atoms with van der Waals surface area (Å²) in [4.78, 5) is 0. The molecule has 21 heavy (non-hydrogen) atoms. The zero-order valence-electron chi connectivity index (χ0n) is 13.2. The Morgan fingerprint density at radius 3 is 2.90 bits per heavy atom. The standard InChI is InChI=1S/C18H29NO2/c1-2-19-18-9-7-8-15-10-11-16(14-17(15)18)21-13-6-4-3-5-12-20/h10-11,14,18-20H,2-9,12-13H2,1H3. The van der Waals surface area contributed by atoms with Crippen LogP contribution in [0.3, 0.4) is 0 Å². The van der Waals surface area contributed by atoms with Crippen molar-refractivity contribution in [2.75, 3.05) is 19.8 Å². The Bertz CT molecular complexity index is 420. The van der Waals surface area contributed by atoms with Crippen LogP contribution in [0.25, 0.3) is 0 Å². The summed E-state index contributed by atoms with van der Waals surface area (Å²) in [5.74, 6) is 1.00. The zero-order valence-corrected chi connectivity index (χ0v) is 13.2. The first-order valence-electron chi connectivity index (χ1n) is 8.45. The highest BCUT2D eigenvalue weighted by Crippen LogP contribution is 2.32. The summed E-state index contributed by atoms with van der Waals surface area (Å²) in [5, 5.41) is 12.3. The minimum Gasteiger partial charge on any atom is -0.494 e. The third kappa shape index (κ3) is 5.01. The minimum absolute atomic E-state index is 0.303.